The molecule has 11 heavy (non-hydrogen) atoms. The van der Waals surface area contributed by atoms with Crippen LogP contribution in [0, 0.1) is 29.6 Å². The van der Waals surface area contributed by atoms with Crippen LogP contribution in [0.25, 0.3) is 0 Å². The molecular weight excluding hydrogens is 132 g/mol. The summed E-state index contributed by atoms with van der Waals surface area (Å²) in [6.07, 6.45) is 11.2. The van der Waals surface area contributed by atoms with E-state index < -0.39 is 0 Å². The van der Waals surface area contributed by atoms with Crippen molar-refractivity contribution in [1.82, 2.24) is 0 Å². The SMILES string of the molecule is C[C@H]1C=C[C@@H]2[C@@H]1[C@@H]1C=C[C@@H]2C1. The maximum Gasteiger partial charge on any atom is -0.0131 e. The standard InChI is InChI=1S/C11H14/c1-7-2-5-10-8-3-4-9(6-8)11(7)10/h2-5,7-11H,6H2,1H3/t7-,8+,9+,10-,11-/m0/s1. The quantitative estimate of drug-likeness (QED) is 0.461. The largest absolute Gasteiger partial charge is 0.0851 e. The van der Waals surface area contributed by atoms with Gasteiger partial charge in [0.2, 0.25) is 0 Å². The molecule has 1 saturated carbocycles. The predicted molar refractivity (Wildman–Crippen MR) is 46.0 cm³/mol. The first-order chi connectivity index (χ1) is 5.36. The van der Waals surface area contributed by atoms with E-state index in [9.17, 15) is 0 Å². The molecule has 0 aromatic carbocycles. The minimum absolute atomic E-state index is 0.847. The summed E-state index contributed by atoms with van der Waals surface area (Å²) in [6, 6.07) is 0. The van der Waals surface area contributed by atoms with Gasteiger partial charge in [0.05, 0.1) is 0 Å². The molecule has 0 saturated heterocycles. The van der Waals surface area contributed by atoms with E-state index >= 15 is 0 Å². The Bertz CT molecular complexity index is 236. The van der Waals surface area contributed by atoms with Crippen molar-refractivity contribution in [1.29, 1.82) is 0 Å². The molecule has 3 aliphatic carbocycles. The average molecular weight is 146 g/mol. The molecule has 5 atom stereocenters. The van der Waals surface area contributed by atoms with Crippen LogP contribution in [-0.4, -0.2) is 0 Å². The Kier molecular flexibility index (Phi) is 0.988. The van der Waals surface area contributed by atoms with E-state index in [-0.39, 0.29) is 0 Å². The van der Waals surface area contributed by atoms with Crippen molar-refractivity contribution >= 4 is 0 Å². The van der Waals surface area contributed by atoms with Gasteiger partial charge in [-0.25, -0.2) is 0 Å². The fourth-order valence-electron chi connectivity index (χ4n) is 3.34. The minimum atomic E-state index is 0.847. The van der Waals surface area contributed by atoms with Crippen LogP contribution in [0.4, 0.5) is 0 Å². The van der Waals surface area contributed by atoms with E-state index in [4.69, 9.17) is 0 Å². The molecule has 3 rings (SSSR count). The van der Waals surface area contributed by atoms with Gasteiger partial charge in [-0.05, 0) is 36.0 Å². The lowest BCUT2D eigenvalue weighted by atomic mass is 9.81. The second-order valence-electron chi connectivity index (χ2n) is 4.35. The lowest BCUT2D eigenvalue weighted by molar-refractivity contribution is 0.326. The molecule has 0 radical (unpaired) electrons. The molecule has 1 fully saturated rings. The molecule has 3 aliphatic rings. The lowest BCUT2D eigenvalue weighted by Crippen LogP contribution is -2.18. The first kappa shape index (κ1) is 6.05. The summed E-state index contributed by atoms with van der Waals surface area (Å²) in [5.41, 5.74) is 0. The number of allylic oxidation sites excluding steroid dienone is 4. The van der Waals surface area contributed by atoms with E-state index in [0.29, 0.717) is 0 Å². The van der Waals surface area contributed by atoms with Crippen molar-refractivity contribution in [2.75, 3.05) is 0 Å². The Morgan fingerprint density at radius 3 is 2.64 bits per heavy atom. The van der Waals surface area contributed by atoms with Gasteiger partial charge in [-0.2, -0.15) is 0 Å². The summed E-state index contributed by atoms with van der Waals surface area (Å²) in [7, 11) is 0. The fourth-order valence-corrected chi connectivity index (χ4v) is 3.34. The summed E-state index contributed by atoms with van der Waals surface area (Å²) in [5, 5.41) is 0. The van der Waals surface area contributed by atoms with Gasteiger partial charge in [0.15, 0.2) is 0 Å². The Hall–Kier alpha value is -0.520. The molecule has 0 unspecified atom stereocenters. The van der Waals surface area contributed by atoms with Crippen LogP contribution in [0.2, 0.25) is 0 Å². The van der Waals surface area contributed by atoms with Crippen LogP contribution >= 0.6 is 0 Å². The number of hydrogen-bond acceptors (Lipinski definition) is 0. The molecule has 0 aromatic rings. The summed E-state index contributed by atoms with van der Waals surface area (Å²) in [5.74, 6) is 4.58. The van der Waals surface area contributed by atoms with Gasteiger partial charge in [0.25, 0.3) is 0 Å². The molecule has 0 aromatic heterocycles. The zero-order valence-electron chi connectivity index (χ0n) is 6.90. The van der Waals surface area contributed by atoms with Crippen molar-refractivity contribution in [3.05, 3.63) is 24.3 Å². The maximum atomic E-state index is 2.46. The first-order valence-corrected chi connectivity index (χ1v) is 4.73. The van der Waals surface area contributed by atoms with Gasteiger partial charge in [-0.15, -0.1) is 0 Å². The summed E-state index contributed by atoms with van der Waals surface area (Å²) < 4.78 is 0. The molecule has 0 nitrogen and oxygen atoms in total. The number of rotatable bonds is 0. The zero-order chi connectivity index (χ0) is 7.42. The third kappa shape index (κ3) is 0.610. The highest BCUT2D eigenvalue weighted by atomic mass is 14.5. The normalized spacial score (nSPS) is 57.4. The maximum absolute atomic E-state index is 2.46. The molecule has 58 valence electrons. The molecule has 0 N–H and O–H groups in total. The minimum Gasteiger partial charge on any atom is -0.0851 e. The van der Waals surface area contributed by atoms with Gasteiger partial charge < -0.3 is 0 Å². The third-order valence-corrected chi connectivity index (χ3v) is 3.83. The highest BCUT2D eigenvalue weighted by Gasteiger charge is 2.47. The van der Waals surface area contributed by atoms with Crippen molar-refractivity contribution in [2.24, 2.45) is 29.6 Å². The highest BCUT2D eigenvalue weighted by molar-refractivity contribution is 5.23. The van der Waals surface area contributed by atoms with Crippen LogP contribution in [0.15, 0.2) is 24.3 Å². The summed E-state index contributed by atoms with van der Waals surface area (Å²) in [6.45, 7) is 2.37. The van der Waals surface area contributed by atoms with Crippen molar-refractivity contribution in [3.8, 4) is 0 Å². The Morgan fingerprint density at radius 2 is 1.82 bits per heavy atom. The Morgan fingerprint density at radius 1 is 1.00 bits per heavy atom. The van der Waals surface area contributed by atoms with Crippen molar-refractivity contribution in [2.45, 2.75) is 13.3 Å². The molecule has 0 aliphatic heterocycles. The number of fused-ring (bicyclic) bond motifs is 5. The molecule has 2 bridgehead atoms. The van der Waals surface area contributed by atoms with Gasteiger partial charge in [-0.3, -0.25) is 0 Å². The van der Waals surface area contributed by atoms with Crippen molar-refractivity contribution < 1.29 is 0 Å². The van der Waals surface area contributed by atoms with Crippen LogP contribution < -0.4 is 0 Å². The van der Waals surface area contributed by atoms with Crippen LogP contribution in [0.3, 0.4) is 0 Å². The Balaban J connectivity index is 2.02. The third-order valence-electron chi connectivity index (χ3n) is 3.83. The molecule has 0 heterocycles. The zero-order valence-corrected chi connectivity index (χ0v) is 6.90. The summed E-state index contributed by atoms with van der Waals surface area (Å²) in [4.78, 5) is 0. The van der Waals surface area contributed by atoms with Gasteiger partial charge in [-0.1, -0.05) is 31.2 Å². The van der Waals surface area contributed by atoms with Gasteiger partial charge in [0.1, 0.15) is 0 Å². The van der Waals surface area contributed by atoms with Gasteiger partial charge in [0, 0.05) is 0 Å². The average Bonchev–Trinajstić information content (AvgIpc) is 2.60. The second-order valence-corrected chi connectivity index (χ2v) is 4.35. The number of hydrogen-bond donors (Lipinski definition) is 0. The molecule has 0 spiro atoms. The van der Waals surface area contributed by atoms with Crippen LogP contribution in [0.1, 0.15) is 13.3 Å². The molecular formula is C11H14. The summed E-state index contributed by atoms with van der Waals surface area (Å²) >= 11 is 0. The van der Waals surface area contributed by atoms with E-state index in [0.717, 1.165) is 29.6 Å². The molecule has 0 heteroatoms. The lowest BCUT2D eigenvalue weighted by Gasteiger charge is -2.23. The van der Waals surface area contributed by atoms with E-state index in [1.165, 1.54) is 6.42 Å². The Labute approximate surface area is 68.0 Å². The van der Waals surface area contributed by atoms with E-state index in [1.54, 1.807) is 0 Å². The van der Waals surface area contributed by atoms with E-state index in [2.05, 4.69) is 31.2 Å². The van der Waals surface area contributed by atoms with Gasteiger partial charge >= 0.3 is 0 Å². The monoisotopic (exact) mass is 146 g/mol. The first-order valence-electron chi connectivity index (χ1n) is 4.73. The van der Waals surface area contributed by atoms with Crippen LogP contribution in [0.5, 0.6) is 0 Å². The predicted octanol–water partition coefficient (Wildman–Crippen LogP) is 2.63. The molecule has 0 amide bonds. The topological polar surface area (TPSA) is 0 Å². The smallest absolute Gasteiger partial charge is 0.0131 e. The van der Waals surface area contributed by atoms with Crippen molar-refractivity contribution in [3.63, 3.8) is 0 Å². The highest BCUT2D eigenvalue weighted by Crippen LogP contribution is 2.54. The second kappa shape index (κ2) is 1.80. The fraction of sp³-hybridized carbons (Fsp3) is 0.636. The van der Waals surface area contributed by atoms with E-state index in [1.807, 2.05) is 0 Å². The van der Waals surface area contributed by atoms with Crippen LogP contribution in [-0.2, 0) is 0 Å².